The number of amides is 1. The standard InChI is InChI=1S/C9H12N4OS2/c1-5-2-9(3-5,6(10)15)7(14)12-8-13-11-4-16-8/h4-5H,2-3H2,1H3,(H2,10,15)(H,12,13,14). The summed E-state index contributed by atoms with van der Waals surface area (Å²) in [6.45, 7) is 2.08. The van der Waals surface area contributed by atoms with Crippen LogP contribution in [0, 0.1) is 11.3 Å². The van der Waals surface area contributed by atoms with Gasteiger partial charge in [0.1, 0.15) is 5.51 Å². The molecule has 0 bridgehead atoms. The summed E-state index contributed by atoms with van der Waals surface area (Å²) >= 11 is 6.27. The first-order chi connectivity index (χ1) is 7.54. The molecule has 1 saturated carbocycles. The Labute approximate surface area is 102 Å². The highest BCUT2D eigenvalue weighted by molar-refractivity contribution is 7.80. The quantitative estimate of drug-likeness (QED) is 0.794. The molecule has 7 heteroatoms. The Kier molecular flexibility index (Phi) is 2.90. The molecule has 1 fully saturated rings. The largest absolute Gasteiger partial charge is 0.392 e. The highest BCUT2D eigenvalue weighted by Gasteiger charge is 2.51. The minimum Gasteiger partial charge on any atom is -0.392 e. The third kappa shape index (κ3) is 1.80. The molecule has 16 heavy (non-hydrogen) atoms. The topological polar surface area (TPSA) is 80.9 Å². The molecule has 0 saturated heterocycles. The number of nitrogens with two attached hydrogens (primary N) is 1. The number of thiocarbonyl (C=S) groups is 1. The molecule has 1 aliphatic carbocycles. The van der Waals surface area contributed by atoms with Crippen LogP contribution in [0.3, 0.4) is 0 Å². The highest BCUT2D eigenvalue weighted by Crippen LogP contribution is 2.46. The first kappa shape index (κ1) is 11.4. The highest BCUT2D eigenvalue weighted by atomic mass is 32.1. The van der Waals surface area contributed by atoms with E-state index in [2.05, 4.69) is 22.4 Å². The summed E-state index contributed by atoms with van der Waals surface area (Å²) in [6, 6.07) is 0. The molecule has 1 aromatic rings. The van der Waals surface area contributed by atoms with Crippen LogP contribution in [0.15, 0.2) is 5.51 Å². The summed E-state index contributed by atoms with van der Waals surface area (Å²) in [5.74, 6) is 0.330. The SMILES string of the molecule is CC1CC(C(=O)Nc2nncs2)(C(N)=S)C1. The van der Waals surface area contributed by atoms with Crippen LogP contribution in [-0.4, -0.2) is 21.1 Å². The zero-order valence-electron chi connectivity index (χ0n) is 8.77. The van der Waals surface area contributed by atoms with Gasteiger partial charge in [0, 0.05) is 0 Å². The predicted molar refractivity (Wildman–Crippen MR) is 66.2 cm³/mol. The van der Waals surface area contributed by atoms with Gasteiger partial charge in [-0.3, -0.25) is 10.1 Å². The van der Waals surface area contributed by atoms with Crippen LogP contribution < -0.4 is 11.1 Å². The van der Waals surface area contributed by atoms with E-state index in [1.807, 2.05) is 0 Å². The molecule has 1 aromatic heterocycles. The van der Waals surface area contributed by atoms with Crippen LogP contribution in [0.2, 0.25) is 0 Å². The van der Waals surface area contributed by atoms with Gasteiger partial charge in [0.25, 0.3) is 0 Å². The van der Waals surface area contributed by atoms with Gasteiger partial charge < -0.3 is 5.73 Å². The van der Waals surface area contributed by atoms with Gasteiger partial charge >= 0.3 is 0 Å². The summed E-state index contributed by atoms with van der Waals surface area (Å²) < 4.78 is 0. The van der Waals surface area contributed by atoms with Crippen LogP contribution in [-0.2, 0) is 4.79 Å². The fraction of sp³-hybridized carbons (Fsp3) is 0.556. The van der Waals surface area contributed by atoms with E-state index in [0.717, 1.165) is 0 Å². The van der Waals surface area contributed by atoms with Crippen molar-refractivity contribution in [1.29, 1.82) is 0 Å². The lowest BCUT2D eigenvalue weighted by Crippen LogP contribution is -2.53. The molecule has 0 unspecified atom stereocenters. The van der Waals surface area contributed by atoms with E-state index in [9.17, 15) is 4.79 Å². The van der Waals surface area contributed by atoms with E-state index in [4.69, 9.17) is 18.0 Å². The number of carbonyl (C=O) groups is 1. The molecule has 1 heterocycles. The maximum Gasteiger partial charge on any atom is 0.239 e. The van der Waals surface area contributed by atoms with Crippen LogP contribution in [0.4, 0.5) is 5.13 Å². The number of nitrogens with zero attached hydrogens (tertiary/aromatic N) is 2. The molecule has 0 aliphatic heterocycles. The van der Waals surface area contributed by atoms with Crippen LogP contribution in [0.25, 0.3) is 0 Å². The van der Waals surface area contributed by atoms with Crippen molar-refractivity contribution in [2.24, 2.45) is 17.1 Å². The Hall–Kier alpha value is -1.08. The number of aromatic nitrogens is 2. The first-order valence-corrected chi connectivity index (χ1v) is 6.21. The Morgan fingerprint density at radius 3 is 2.88 bits per heavy atom. The molecule has 0 radical (unpaired) electrons. The third-order valence-corrected chi connectivity index (χ3v) is 3.88. The lowest BCUT2D eigenvalue weighted by molar-refractivity contribution is -0.127. The molecule has 1 aliphatic rings. The fourth-order valence-electron chi connectivity index (χ4n) is 2.07. The molecule has 0 atom stereocenters. The van der Waals surface area contributed by atoms with Gasteiger partial charge in [0.05, 0.1) is 10.4 Å². The van der Waals surface area contributed by atoms with E-state index in [-0.39, 0.29) is 10.9 Å². The first-order valence-electron chi connectivity index (χ1n) is 4.92. The maximum atomic E-state index is 12.1. The van der Waals surface area contributed by atoms with Crippen LogP contribution >= 0.6 is 23.6 Å². The van der Waals surface area contributed by atoms with E-state index in [0.29, 0.717) is 23.9 Å². The summed E-state index contributed by atoms with van der Waals surface area (Å²) in [4.78, 5) is 12.3. The minimum absolute atomic E-state index is 0.158. The lowest BCUT2D eigenvalue weighted by Gasteiger charge is -2.43. The normalized spacial score (nSPS) is 28.2. The fourth-order valence-corrected chi connectivity index (χ4v) is 2.77. The maximum absolute atomic E-state index is 12.1. The van der Waals surface area contributed by atoms with Crippen molar-refractivity contribution >= 4 is 39.6 Å². The number of anilines is 1. The monoisotopic (exact) mass is 256 g/mol. The second-order valence-electron chi connectivity index (χ2n) is 4.16. The van der Waals surface area contributed by atoms with E-state index < -0.39 is 5.41 Å². The lowest BCUT2D eigenvalue weighted by atomic mass is 9.62. The minimum atomic E-state index is -0.680. The zero-order valence-corrected chi connectivity index (χ0v) is 10.4. The average molecular weight is 256 g/mol. The van der Waals surface area contributed by atoms with Gasteiger partial charge in [0.2, 0.25) is 11.0 Å². The second kappa shape index (κ2) is 4.06. The molecular formula is C9H12N4OS2. The number of rotatable bonds is 3. The van der Waals surface area contributed by atoms with Gasteiger partial charge in [-0.15, -0.1) is 10.2 Å². The van der Waals surface area contributed by atoms with Crippen molar-refractivity contribution in [3.8, 4) is 0 Å². The van der Waals surface area contributed by atoms with Crippen molar-refractivity contribution in [2.75, 3.05) is 5.32 Å². The molecular weight excluding hydrogens is 244 g/mol. The smallest absolute Gasteiger partial charge is 0.239 e. The van der Waals surface area contributed by atoms with Crippen molar-refractivity contribution in [3.05, 3.63) is 5.51 Å². The van der Waals surface area contributed by atoms with Gasteiger partial charge in [-0.05, 0) is 18.8 Å². The Bertz CT molecular complexity index is 411. The molecule has 0 aromatic carbocycles. The van der Waals surface area contributed by atoms with Gasteiger partial charge in [-0.25, -0.2) is 0 Å². The summed E-state index contributed by atoms with van der Waals surface area (Å²) in [7, 11) is 0. The number of hydrogen-bond acceptors (Lipinski definition) is 5. The summed E-state index contributed by atoms with van der Waals surface area (Å²) in [5.41, 5.74) is 6.54. The van der Waals surface area contributed by atoms with Crippen molar-refractivity contribution in [1.82, 2.24) is 10.2 Å². The van der Waals surface area contributed by atoms with E-state index in [1.54, 1.807) is 5.51 Å². The number of carbonyl (C=O) groups excluding carboxylic acids is 1. The summed E-state index contributed by atoms with van der Waals surface area (Å²) in [5, 5.41) is 10.6. The molecule has 1 amide bonds. The molecule has 86 valence electrons. The van der Waals surface area contributed by atoms with Crippen LogP contribution in [0.5, 0.6) is 0 Å². The zero-order chi connectivity index (χ0) is 11.8. The van der Waals surface area contributed by atoms with Gasteiger partial charge in [0.15, 0.2) is 0 Å². The average Bonchev–Trinajstić information content (AvgIpc) is 2.64. The van der Waals surface area contributed by atoms with Crippen molar-refractivity contribution < 1.29 is 4.79 Å². The number of hydrogen-bond donors (Lipinski definition) is 2. The second-order valence-corrected chi connectivity index (χ2v) is 5.43. The van der Waals surface area contributed by atoms with Crippen LogP contribution in [0.1, 0.15) is 19.8 Å². The van der Waals surface area contributed by atoms with Gasteiger partial charge in [-0.2, -0.15) is 0 Å². The Morgan fingerprint density at radius 1 is 1.75 bits per heavy atom. The molecule has 3 N–H and O–H groups in total. The summed E-state index contributed by atoms with van der Waals surface area (Å²) in [6.07, 6.45) is 1.43. The molecule has 0 spiro atoms. The van der Waals surface area contributed by atoms with Gasteiger partial charge in [-0.1, -0.05) is 30.5 Å². The van der Waals surface area contributed by atoms with Crippen molar-refractivity contribution in [3.63, 3.8) is 0 Å². The third-order valence-electron chi connectivity index (χ3n) is 2.88. The Balaban J connectivity index is 2.10. The molecule has 2 rings (SSSR count). The molecule has 5 nitrogen and oxygen atoms in total. The van der Waals surface area contributed by atoms with E-state index >= 15 is 0 Å². The van der Waals surface area contributed by atoms with E-state index in [1.165, 1.54) is 11.3 Å². The predicted octanol–water partition coefficient (Wildman–Crippen LogP) is 1.18. The van der Waals surface area contributed by atoms with Crippen molar-refractivity contribution in [2.45, 2.75) is 19.8 Å². The Morgan fingerprint density at radius 2 is 2.44 bits per heavy atom. The number of nitrogens with one attached hydrogen (secondary N) is 1.